The molecule has 0 bridgehead atoms. The van der Waals surface area contributed by atoms with E-state index in [1.165, 1.54) is 7.11 Å². The summed E-state index contributed by atoms with van der Waals surface area (Å²) >= 11 is 5.99. The number of halogens is 3. The van der Waals surface area contributed by atoms with E-state index in [-0.39, 0.29) is 17.2 Å². The second-order valence-corrected chi connectivity index (χ2v) is 4.21. The third-order valence-electron chi connectivity index (χ3n) is 2.60. The number of ether oxygens (including phenoxy) is 1. The van der Waals surface area contributed by atoms with Crippen molar-refractivity contribution >= 4 is 11.6 Å². The fourth-order valence-electron chi connectivity index (χ4n) is 1.57. The van der Waals surface area contributed by atoms with Crippen LogP contribution in [-0.4, -0.2) is 7.11 Å². The number of methoxy groups -OCH3 is 1. The number of rotatable bonds is 3. The lowest BCUT2D eigenvalue weighted by Gasteiger charge is -2.12. The van der Waals surface area contributed by atoms with Crippen molar-refractivity contribution in [2.75, 3.05) is 7.11 Å². The lowest BCUT2D eigenvalue weighted by atomic mass is 10.1. The summed E-state index contributed by atoms with van der Waals surface area (Å²) in [4.78, 5) is 0. The molecule has 1 aromatic rings. The molecule has 15 heavy (non-hydrogen) atoms. The predicted molar refractivity (Wildman–Crippen MR) is 54.2 cm³/mol. The SMILES string of the molecule is COc1cc(F)c(C(Cl)C2CC2)c(F)c1. The van der Waals surface area contributed by atoms with E-state index < -0.39 is 17.0 Å². The normalized spacial score (nSPS) is 17.6. The quantitative estimate of drug-likeness (QED) is 0.723. The maximum Gasteiger partial charge on any atom is 0.134 e. The first kappa shape index (κ1) is 10.7. The summed E-state index contributed by atoms with van der Waals surface area (Å²) in [6, 6.07) is 2.33. The van der Waals surface area contributed by atoms with Crippen LogP contribution < -0.4 is 4.74 Å². The first-order valence-corrected chi connectivity index (χ1v) is 5.24. The zero-order chi connectivity index (χ0) is 11.0. The van der Waals surface area contributed by atoms with Gasteiger partial charge >= 0.3 is 0 Å². The molecule has 0 N–H and O–H groups in total. The standard InChI is InChI=1S/C11H11ClF2O/c1-15-7-4-8(13)10(9(14)5-7)11(12)6-2-3-6/h4-6,11H,2-3H2,1H3. The van der Waals surface area contributed by atoms with Crippen molar-refractivity contribution in [3.63, 3.8) is 0 Å². The molecule has 0 amide bonds. The van der Waals surface area contributed by atoms with Gasteiger partial charge in [0.15, 0.2) is 0 Å². The van der Waals surface area contributed by atoms with Crippen LogP contribution in [0.2, 0.25) is 0 Å². The Morgan fingerprint density at radius 3 is 2.27 bits per heavy atom. The van der Waals surface area contributed by atoms with E-state index in [9.17, 15) is 8.78 Å². The molecule has 1 atom stereocenters. The molecule has 0 heterocycles. The van der Waals surface area contributed by atoms with E-state index in [0.717, 1.165) is 25.0 Å². The Morgan fingerprint density at radius 2 is 1.87 bits per heavy atom. The molecule has 1 nitrogen and oxygen atoms in total. The van der Waals surface area contributed by atoms with E-state index in [1.807, 2.05) is 0 Å². The van der Waals surface area contributed by atoms with Crippen LogP contribution in [0.15, 0.2) is 12.1 Å². The average Bonchev–Trinajstić information content (AvgIpc) is 2.99. The van der Waals surface area contributed by atoms with Crippen LogP contribution in [0.1, 0.15) is 23.8 Å². The van der Waals surface area contributed by atoms with Crippen molar-refractivity contribution in [2.24, 2.45) is 5.92 Å². The maximum absolute atomic E-state index is 13.5. The zero-order valence-electron chi connectivity index (χ0n) is 8.27. The van der Waals surface area contributed by atoms with E-state index in [1.54, 1.807) is 0 Å². The van der Waals surface area contributed by atoms with Crippen molar-refractivity contribution in [2.45, 2.75) is 18.2 Å². The van der Waals surface area contributed by atoms with Gasteiger partial charge in [0.1, 0.15) is 17.4 Å². The lowest BCUT2D eigenvalue weighted by molar-refractivity contribution is 0.404. The molecule has 82 valence electrons. The van der Waals surface area contributed by atoms with Gasteiger partial charge in [-0.15, -0.1) is 11.6 Å². The highest BCUT2D eigenvalue weighted by molar-refractivity contribution is 6.21. The molecule has 1 aliphatic carbocycles. The smallest absolute Gasteiger partial charge is 0.134 e. The van der Waals surface area contributed by atoms with Crippen molar-refractivity contribution in [3.8, 4) is 5.75 Å². The van der Waals surface area contributed by atoms with Gasteiger partial charge in [-0.1, -0.05) is 0 Å². The Morgan fingerprint density at radius 1 is 1.33 bits per heavy atom. The maximum atomic E-state index is 13.5. The Hall–Kier alpha value is -0.830. The van der Waals surface area contributed by atoms with Crippen LogP contribution in [-0.2, 0) is 0 Å². The molecule has 1 saturated carbocycles. The van der Waals surface area contributed by atoms with Gasteiger partial charge in [0.05, 0.1) is 12.5 Å². The molecular formula is C11H11ClF2O. The minimum Gasteiger partial charge on any atom is -0.497 e. The van der Waals surface area contributed by atoms with Crippen molar-refractivity contribution in [1.29, 1.82) is 0 Å². The van der Waals surface area contributed by atoms with Crippen molar-refractivity contribution < 1.29 is 13.5 Å². The molecule has 0 radical (unpaired) electrons. The minimum absolute atomic E-state index is 0.0278. The van der Waals surface area contributed by atoms with E-state index >= 15 is 0 Å². The van der Waals surface area contributed by atoms with Crippen LogP contribution in [0.25, 0.3) is 0 Å². The Bertz CT molecular complexity index is 354. The third-order valence-corrected chi connectivity index (χ3v) is 3.17. The van der Waals surface area contributed by atoms with Gasteiger partial charge in [-0.2, -0.15) is 0 Å². The van der Waals surface area contributed by atoms with Gasteiger partial charge in [-0.25, -0.2) is 8.78 Å². The fourth-order valence-corrected chi connectivity index (χ4v) is 2.03. The summed E-state index contributed by atoms with van der Waals surface area (Å²) in [5.41, 5.74) is -0.0278. The molecule has 1 unspecified atom stereocenters. The van der Waals surface area contributed by atoms with Gasteiger partial charge < -0.3 is 4.74 Å². The van der Waals surface area contributed by atoms with Crippen LogP contribution in [0.5, 0.6) is 5.75 Å². The highest BCUT2D eigenvalue weighted by atomic mass is 35.5. The Kier molecular flexibility index (Phi) is 2.83. The summed E-state index contributed by atoms with van der Waals surface area (Å²) in [5, 5.41) is -0.559. The second kappa shape index (κ2) is 3.97. The van der Waals surface area contributed by atoms with Crippen LogP contribution in [0.4, 0.5) is 8.78 Å². The molecule has 0 aromatic heterocycles. The summed E-state index contributed by atoms with van der Waals surface area (Å²) in [7, 11) is 1.37. The molecular weight excluding hydrogens is 222 g/mol. The van der Waals surface area contributed by atoms with Crippen LogP contribution >= 0.6 is 11.6 Å². The zero-order valence-corrected chi connectivity index (χ0v) is 9.02. The summed E-state index contributed by atoms with van der Waals surface area (Å²) in [5.74, 6) is -0.866. The first-order chi connectivity index (χ1) is 7.13. The van der Waals surface area contributed by atoms with Gasteiger partial charge in [-0.05, 0) is 18.8 Å². The summed E-state index contributed by atoms with van der Waals surface area (Å²) < 4.78 is 31.8. The average molecular weight is 233 g/mol. The molecule has 0 aliphatic heterocycles. The number of hydrogen-bond donors (Lipinski definition) is 0. The van der Waals surface area contributed by atoms with E-state index in [0.29, 0.717) is 0 Å². The number of hydrogen-bond acceptors (Lipinski definition) is 1. The number of benzene rings is 1. The van der Waals surface area contributed by atoms with Gasteiger partial charge in [0, 0.05) is 17.7 Å². The first-order valence-electron chi connectivity index (χ1n) is 4.80. The van der Waals surface area contributed by atoms with Crippen LogP contribution in [0.3, 0.4) is 0 Å². The molecule has 1 aromatic carbocycles. The van der Waals surface area contributed by atoms with E-state index in [4.69, 9.17) is 16.3 Å². The summed E-state index contributed by atoms with van der Waals surface area (Å²) in [6.07, 6.45) is 1.89. The minimum atomic E-state index is -0.626. The largest absolute Gasteiger partial charge is 0.497 e. The van der Waals surface area contributed by atoms with Crippen LogP contribution in [0, 0.1) is 17.6 Å². The predicted octanol–water partition coefficient (Wildman–Crippen LogP) is 3.66. The fraction of sp³-hybridized carbons (Fsp3) is 0.455. The van der Waals surface area contributed by atoms with Gasteiger partial charge in [-0.3, -0.25) is 0 Å². The monoisotopic (exact) mass is 232 g/mol. The van der Waals surface area contributed by atoms with Crippen molar-refractivity contribution in [1.82, 2.24) is 0 Å². The molecule has 0 spiro atoms. The molecule has 1 aliphatic rings. The van der Waals surface area contributed by atoms with Crippen molar-refractivity contribution in [3.05, 3.63) is 29.3 Å². The highest BCUT2D eigenvalue weighted by Gasteiger charge is 2.34. The third kappa shape index (κ3) is 2.07. The number of alkyl halides is 1. The topological polar surface area (TPSA) is 9.23 Å². The molecule has 4 heteroatoms. The lowest BCUT2D eigenvalue weighted by Crippen LogP contribution is -2.02. The molecule has 0 saturated heterocycles. The van der Waals surface area contributed by atoms with Gasteiger partial charge in [0.25, 0.3) is 0 Å². The highest BCUT2D eigenvalue weighted by Crippen LogP contribution is 2.46. The Balaban J connectivity index is 2.37. The van der Waals surface area contributed by atoms with E-state index in [2.05, 4.69) is 0 Å². The molecule has 2 rings (SSSR count). The Labute approximate surface area is 92.0 Å². The molecule has 1 fully saturated rings. The summed E-state index contributed by atoms with van der Waals surface area (Å²) in [6.45, 7) is 0. The second-order valence-electron chi connectivity index (χ2n) is 3.74. The van der Waals surface area contributed by atoms with Gasteiger partial charge in [0.2, 0.25) is 0 Å².